The molecular weight excluding hydrogens is 334 g/mol. The number of rotatable bonds is 5. The predicted molar refractivity (Wildman–Crippen MR) is 99.9 cm³/mol. The molecule has 1 aromatic rings. The summed E-state index contributed by atoms with van der Waals surface area (Å²) in [5.74, 6) is 0.392. The molecule has 2 aliphatic heterocycles. The normalized spacial score (nSPS) is 20.2. The first kappa shape index (κ1) is 18.8. The molecule has 8 heteroatoms. The fourth-order valence-electron chi connectivity index (χ4n) is 3.35. The van der Waals surface area contributed by atoms with Crippen LogP contribution in [0.4, 0.5) is 11.8 Å². The number of morpholine rings is 1. The Balaban J connectivity index is 1.87. The van der Waals surface area contributed by atoms with E-state index in [0.717, 1.165) is 25.9 Å². The van der Waals surface area contributed by atoms with Crippen molar-refractivity contribution in [2.24, 2.45) is 0 Å². The number of nitrogens with one attached hydrogen (secondary N) is 1. The molecular formula is C18H29N5O3. The zero-order chi connectivity index (χ0) is 18.7. The van der Waals surface area contributed by atoms with Crippen molar-refractivity contribution in [2.75, 3.05) is 56.7 Å². The molecule has 0 radical (unpaired) electrons. The topological polar surface area (TPSA) is 90.8 Å². The molecule has 0 saturated carbocycles. The van der Waals surface area contributed by atoms with Crippen LogP contribution in [-0.4, -0.2) is 78.4 Å². The Morgan fingerprint density at radius 3 is 2.54 bits per heavy atom. The first-order valence-corrected chi connectivity index (χ1v) is 9.26. The summed E-state index contributed by atoms with van der Waals surface area (Å²) in [6.07, 6.45) is 3.77. The Kier molecular flexibility index (Phi) is 5.62. The zero-order valence-corrected chi connectivity index (χ0v) is 15.9. The first-order chi connectivity index (χ1) is 12.4. The number of carboxylic acid groups (broad SMARTS) is 1. The lowest BCUT2D eigenvalue weighted by atomic mass is 9.85. The molecule has 3 rings (SSSR count). The molecule has 0 atom stereocenters. The standard InChI is InChI=1S/C18H29N5O3/c1-18(2,16(24)25)14-12-19-17(20-13-4-6-22(3)7-5-13)21-15(14)23-8-10-26-11-9-23/h12-13H,4-11H2,1-3H3,(H,24,25)(H,19,20,21). The molecule has 1 aromatic heterocycles. The SMILES string of the molecule is CN1CCC(Nc2ncc(C(C)(C)C(=O)O)c(N3CCOCC3)n2)CC1. The number of aromatic nitrogens is 2. The molecule has 0 amide bonds. The van der Waals surface area contributed by atoms with E-state index in [9.17, 15) is 9.90 Å². The highest BCUT2D eigenvalue weighted by atomic mass is 16.5. The van der Waals surface area contributed by atoms with Crippen LogP contribution in [0.1, 0.15) is 32.3 Å². The Bertz CT molecular complexity index is 638. The summed E-state index contributed by atoms with van der Waals surface area (Å²) in [6, 6.07) is 0.349. The van der Waals surface area contributed by atoms with Gasteiger partial charge in [0.15, 0.2) is 0 Å². The molecule has 2 N–H and O–H groups in total. The third kappa shape index (κ3) is 4.07. The highest BCUT2D eigenvalue weighted by Gasteiger charge is 2.35. The van der Waals surface area contributed by atoms with Gasteiger partial charge in [-0.25, -0.2) is 4.98 Å². The van der Waals surface area contributed by atoms with E-state index in [0.29, 0.717) is 49.7 Å². The van der Waals surface area contributed by atoms with Gasteiger partial charge in [-0.05, 0) is 46.8 Å². The van der Waals surface area contributed by atoms with Crippen LogP contribution < -0.4 is 10.2 Å². The van der Waals surface area contributed by atoms with E-state index >= 15 is 0 Å². The summed E-state index contributed by atoms with van der Waals surface area (Å²) < 4.78 is 5.43. The Hall–Kier alpha value is -1.93. The van der Waals surface area contributed by atoms with Crippen molar-refractivity contribution < 1.29 is 14.6 Å². The number of piperidine rings is 1. The summed E-state index contributed by atoms with van der Waals surface area (Å²) in [5, 5.41) is 13.1. The highest BCUT2D eigenvalue weighted by molar-refractivity contribution is 5.82. The lowest BCUT2D eigenvalue weighted by Gasteiger charge is -2.33. The number of aliphatic carboxylic acids is 1. The zero-order valence-electron chi connectivity index (χ0n) is 15.9. The fraction of sp³-hybridized carbons (Fsp3) is 0.722. The smallest absolute Gasteiger partial charge is 0.313 e. The predicted octanol–water partition coefficient (Wildman–Crippen LogP) is 1.18. The molecule has 0 aliphatic carbocycles. The Morgan fingerprint density at radius 1 is 1.27 bits per heavy atom. The van der Waals surface area contributed by atoms with Gasteiger partial charge in [-0.3, -0.25) is 4.79 Å². The molecule has 0 aromatic carbocycles. The van der Waals surface area contributed by atoms with E-state index < -0.39 is 11.4 Å². The molecule has 0 bridgehead atoms. The lowest BCUT2D eigenvalue weighted by Crippen LogP contribution is -2.40. The van der Waals surface area contributed by atoms with Gasteiger partial charge in [0.2, 0.25) is 5.95 Å². The fourth-order valence-corrected chi connectivity index (χ4v) is 3.35. The van der Waals surface area contributed by atoms with Crippen LogP contribution in [0.5, 0.6) is 0 Å². The second-order valence-electron chi connectivity index (χ2n) is 7.68. The number of nitrogens with zero attached hydrogens (tertiary/aromatic N) is 4. The monoisotopic (exact) mass is 363 g/mol. The van der Waals surface area contributed by atoms with Crippen molar-refractivity contribution in [3.05, 3.63) is 11.8 Å². The van der Waals surface area contributed by atoms with E-state index in [-0.39, 0.29) is 0 Å². The van der Waals surface area contributed by atoms with Crippen LogP contribution in [-0.2, 0) is 14.9 Å². The number of hydrogen-bond donors (Lipinski definition) is 2. The van der Waals surface area contributed by atoms with Gasteiger partial charge in [0.05, 0.1) is 18.6 Å². The van der Waals surface area contributed by atoms with Crippen molar-refractivity contribution >= 4 is 17.7 Å². The maximum absolute atomic E-state index is 11.8. The van der Waals surface area contributed by atoms with Crippen LogP contribution in [0.25, 0.3) is 0 Å². The summed E-state index contributed by atoms with van der Waals surface area (Å²) in [6.45, 7) is 8.14. The average Bonchev–Trinajstić information content (AvgIpc) is 2.64. The van der Waals surface area contributed by atoms with E-state index in [2.05, 4.69) is 27.1 Å². The maximum Gasteiger partial charge on any atom is 0.313 e. The van der Waals surface area contributed by atoms with E-state index in [1.165, 1.54) is 0 Å². The quantitative estimate of drug-likeness (QED) is 0.806. The van der Waals surface area contributed by atoms with Crippen LogP contribution >= 0.6 is 0 Å². The number of likely N-dealkylation sites (tertiary alicyclic amines) is 1. The average molecular weight is 363 g/mol. The summed E-state index contributed by atoms with van der Waals surface area (Å²) in [5.41, 5.74) is -0.416. The van der Waals surface area contributed by atoms with Gasteiger partial charge in [0.1, 0.15) is 5.82 Å². The summed E-state index contributed by atoms with van der Waals surface area (Å²) >= 11 is 0. The van der Waals surface area contributed by atoms with Gasteiger partial charge in [0, 0.05) is 30.9 Å². The molecule has 2 saturated heterocycles. The van der Waals surface area contributed by atoms with Crippen LogP contribution in [0.2, 0.25) is 0 Å². The minimum absolute atomic E-state index is 0.349. The Morgan fingerprint density at radius 2 is 1.92 bits per heavy atom. The van der Waals surface area contributed by atoms with E-state index in [1.807, 2.05) is 0 Å². The molecule has 144 valence electrons. The van der Waals surface area contributed by atoms with Gasteiger partial charge in [-0.1, -0.05) is 0 Å². The van der Waals surface area contributed by atoms with Crippen molar-refractivity contribution in [1.82, 2.24) is 14.9 Å². The summed E-state index contributed by atoms with van der Waals surface area (Å²) in [4.78, 5) is 25.4. The second kappa shape index (κ2) is 7.75. The van der Waals surface area contributed by atoms with Crippen LogP contribution in [0, 0.1) is 0 Å². The van der Waals surface area contributed by atoms with Gasteiger partial charge in [0.25, 0.3) is 0 Å². The minimum Gasteiger partial charge on any atom is -0.481 e. The van der Waals surface area contributed by atoms with Gasteiger partial charge in [-0.15, -0.1) is 0 Å². The van der Waals surface area contributed by atoms with Crippen LogP contribution in [0.3, 0.4) is 0 Å². The molecule has 26 heavy (non-hydrogen) atoms. The maximum atomic E-state index is 11.8. The number of hydrogen-bond acceptors (Lipinski definition) is 7. The molecule has 0 unspecified atom stereocenters. The number of carbonyl (C=O) groups is 1. The molecule has 2 aliphatic rings. The van der Waals surface area contributed by atoms with Gasteiger partial charge >= 0.3 is 5.97 Å². The van der Waals surface area contributed by atoms with Gasteiger partial charge in [-0.2, -0.15) is 4.98 Å². The third-order valence-electron chi connectivity index (χ3n) is 5.34. The largest absolute Gasteiger partial charge is 0.481 e. The van der Waals surface area contributed by atoms with Crippen molar-refractivity contribution in [1.29, 1.82) is 0 Å². The second-order valence-corrected chi connectivity index (χ2v) is 7.68. The number of ether oxygens (including phenoxy) is 1. The molecule has 2 fully saturated rings. The van der Waals surface area contributed by atoms with Crippen molar-refractivity contribution in [3.8, 4) is 0 Å². The number of anilines is 2. The molecule has 0 spiro atoms. The van der Waals surface area contributed by atoms with Crippen molar-refractivity contribution in [2.45, 2.75) is 38.1 Å². The van der Waals surface area contributed by atoms with Crippen LogP contribution in [0.15, 0.2) is 6.20 Å². The molecule has 3 heterocycles. The highest BCUT2D eigenvalue weighted by Crippen LogP contribution is 2.32. The first-order valence-electron chi connectivity index (χ1n) is 9.26. The Labute approximate surface area is 154 Å². The van der Waals surface area contributed by atoms with Gasteiger partial charge < -0.3 is 25.0 Å². The third-order valence-corrected chi connectivity index (χ3v) is 5.34. The van der Waals surface area contributed by atoms with E-state index in [4.69, 9.17) is 9.72 Å². The number of carboxylic acids is 1. The van der Waals surface area contributed by atoms with Crippen molar-refractivity contribution in [3.63, 3.8) is 0 Å². The molecule has 8 nitrogen and oxygen atoms in total. The van der Waals surface area contributed by atoms with E-state index in [1.54, 1.807) is 20.0 Å². The minimum atomic E-state index is -1.06. The lowest BCUT2D eigenvalue weighted by molar-refractivity contribution is -0.142. The summed E-state index contributed by atoms with van der Waals surface area (Å²) in [7, 11) is 2.13.